The molecule has 1 fully saturated rings. The van der Waals surface area contributed by atoms with E-state index in [2.05, 4.69) is 10.3 Å². The van der Waals surface area contributed by atoms with E-state index in [1.54, 1.807) is 12.1 Å². The molecule has 0 unspecified atom stereocenters. The molecule has 1 aliphatic carbocycles. The lowest BCUT2D eigenvalue weighted by molar-refractivity contribution is 0.630. The van der Waals surface area contributed by atoms with Crippen molar-refractivity contribution >= 4 is 26.7 Å². The first kappa shape index (κ1) is 10.0. The van der Waals surface area contributed by atoms with Crippen LogP contribution in [0, 0.1) is 5.82 Å². The Bertz CT molecular complexity index is 503. The molecule has 1 saturated carbocycles. The molecule has 0 aliphatic heterocycles. The Morgan fingerprint density at radius 2 is 2.12 bits per heavy atom. The molecule has 0 saturated heterocycles. The summed E-state index contributed by atoms with van der Waals surface area (Å²) in [4.78, 5) is 4.46. The predicted molar refractivity (Wildman–Crippen MR) is 65.5 cm³/mol. The lowest BCUT2D eigenvalue weighted by Gasteiger charge is -2.09. The number of hydrogen-bond acceptors (Lipinski definition) is 3. The second kappa shape index (κ2) is 4.01. The summed E-state index contributed by atoms with van der Waals surface area (Å²) in [7, 11) is 0. The zero-order valence-electron chi connectivity index (χ0n) is 8.87. The Balaban J connectivity index is 1.86. The van der Waals surface area contributed by atoms with Gasteiger partial charge in [-0.1, -0.05) is 24.2 Å². The summed E-state index contributed by atoms with van der Waals surface area (Å²) < 4.78 is 13.9. The third-order valence-electron chi connectivity index (χ3n) is 3.03. The molecule has 1 N–H and O–H groups in total. The number of rotatable bonds is 2. The monoisotopic (exact) mass is 236 g/mol. The van der Waals surface area contributed by atoms with Crippen LogP contribution < -0.4 is 5.32 Å². The summed E-state index contributed by atoms with van der Waals surface area (Å²) in [5.41, 5.74) is 0.881. The normalized spacial score (nSPS) is 17.1. The molecule has 3 rings (SSSR count). The summed E-state index contributed by atoms with van der Waals surface area (Å²) in [6.07, 6.45) is 5.06. The van der Waals surface area contributed by atoms with Gasteiger partial charge in [-0.15, -0.1) is 0 Å². The van der Waals surface area contributed by atoms with Crippen LogP contribution in [0.15, 0.2) is 18.2 Å². The molecule has 4 heteroatoms. The first-order valence-corrected chi connectivity index (χ1v) is 6.45. The standard InChI is InChI=1S/C12H13FN2S/c13-8-5-6-10-11(7-8)16-12(15-10)14-9-3-1-2-4-9/h5-7,9H,1-4H2,(H,14,15). The minimum Gasteiger partial charge on any atom is -0.359 e. The Morgan fingerprint density at radius 3 is 2.94 bits per heavy atom. The SMILES string of the molecule is Fc1ccc2nc(NC3CCCC3)sc2c1. The smallest absolute Gasteiger partial charge is 0.184 e. The maximum atomic E-state index is 13.0. The average Bonchev–Trinajstić information content (AvgIpc) is 2.86. The Hall–Kier alpha value is -1.16. The van der Waals surface area contributed by atoms with E-state index in [1.165, 1.54) is 43.1 Å². The van der Waals surface area contributed by atoms with Crippen LogP contribution in [0.25, 0.3) is 10.2 Å². The highest BCUT2D eigenvalue weighted by Gasteiger charge is 2.16. The van der Waals surface area contributed by atoms with Crippen LogP contribution in [0.5, 0.6) is 0 Å². The highest BCUT2D eigenvalue weighted by atomic mass is 32.1. The van der Waals surface area contributed by atoms with Crippen molar-refractivity contribution in [3.8, 4) is 0 Å². The molecule has 0 bridgehead atoms. The molecular weight excluding hydrogens is 223 g/mol. The summed E-state index contributed by atoms with van der Waals surface area (Å²) >= 11 is 1.54. The Morgan fingerprint density at radius 1 is 1.31 bits per heavy atom. The van der Waals surface area contributed by atoms with E-state index in [0.29, 0.717) is 6.04 Å². The summed E-state index contributed by atoms with van der Waals surface area (Å²) in [5, 5.41) is 4.36. The van der Waals surface area contributed by atoms with E-state index in [-0.39, 0.29) is 5.82 Å². The van der Waals surface area contributed by atoms with Gasteiger partial charge in [0.2, 0.25) is 0 Å². The van der Waals surface area contributed by atoms with Crippen LogP contribution in [0.1, 0.15) is 25.7 Å². The van der Waals surface area contributed by atoms with Gasteiger partial charge in [-0.3, -0.25) is 0 Å². The predicted octanol–water partition coefficient (Wildman–Crippen LogP) is 3.79. The highest BCUT2D eigenvalue weighted by Crippen LogP contribution is 2.29. The maximum absolute atomic E-state index is 13.0. The molecule has 16 heavy (non-hydrogen) atoms. The van der Waals surface area contributed by atoms with Crippen LogP contribution in [-0.2, 0) is 0 Å². The number of benzene rings is 1. The van der Waals surface area contributed by atoms with Crippen molar-refractivity contribution in [1.29, 1.82) is 0 Å². The lowest BCUT2D eigenvalue weighted by atomic mass is 10.3. The van der Waals surface area contributed by atoms with Crippen LogP contribution in [0.3, 0.4) is 0 Å². The molecular formula is C12H13FN2S. The van der Waals surface area contributed by atoms with Crippen LogP contribution in [0.4, 0.5) is 9.52 Å². The first-order valence-electron chi connectivity index (χ1n) is 5.64. The second-order valence-electron chi connectivity index (χ2n) is 4.26. The van der Waals surface area contributed by atoms with E-state index in [0.717, 1.165) is 15.3 Å². The number of halogens is 1. The minimum absolute atomic E-state index is 0.191. The van der Waals surface area contributed by atoms with Crippen LogP contribution >= 0.6 is 11.3 Å². The molecule has 0 amide bonds. The molecule has 0 atom stereocenters. The molecule has 0 radical (unpaired) electrons. The third kappa shape index (κ3) is 1.89. The number of aromatic nitrogens is 1. The van der Waals surface area contributed by atoms with Gasteiger partial charge < -0.3 is 5.32 Å². The van der Waals surface area contributed by atoms with E-state index in [4.69, 9.17) is 0 Å². The summed E-state index contributed by atoms with van der Waals surface area (Å²) in [6.45, 7) is 0. The molecule has 2 nitrogen and oxygen atoms in total. The van der Waals surface area contributed by atoms with E-state index in [9.17, 15) is 4.39 Å². The summed E-state index contributed by atoms with van der Waals surface area (Å²) in [6, 6.07) is 5.31. The van der Waals surface area contributed by atoms with Gasteiger partial charge in [0.15, 0.2) is 5.13 Å². The number of fused-ring (bicyclic) bond motifs is 1. The molecule has 1 aliphatic rings. The molecule has 1 aromatic carbocycles. The van der Waals surface area contributed by atoms with Crippen molar-refractivity contribution in [3.63, 3.8) is 0 Å². The zero-order chi connectivity index (χ0) is 11.0. The van der Waals surface area contributed by atoms with Crippen molar-refractivity contribution in [2.45, 2.75) is 31.7 Å². The van der Waals surface area contributed by atoms with Gasteiger partial charge in [0.25, 0.3) is 0 Å². The second-order valence-corrected chi connectivity index (χ2v) is 5.29. The lowest BCUT2D eigenvalue weighted by Crippen LogP contribution is -2.13. The number of nitrogens with zero attached hydrogens (tertiary/aromatic N) is 1. The van der Waals surface area contributed by atoms with E-state index in [1.807, 2.05) is 0 Å². The fourth-order valence-electron chi connectivity index (χ4n) is 2.20. The number of thiazole rings is 1. The van der Waals surface area contributed by atoms with E-state index >= 15 is 0 Å². The van der Waals surface area contributed by atoms with Crippen molar-refractivity contribution in [2.75, 3.05) is 5.32 Å². The van der Waals surface area contributed by atoms with Gasteiger partial charge >= 0.3 is 0 Å². The molecule has 0 spiro atoms. The van der Waals surface area contributed by atoms with Crippen molar-refractivity contribution < 1.29 is 4.39 Å². The van der Waals surface area contributed by atoms with Crippen LogP contribution in [0.2, 0.25) is 0 Å². The zero-order valence-corrected chi connectivity index (χ0v) is 9.69. The largest absolute Gasteiger partial charge is 0.359 e. The van der Waals surface area contributed by atoms with Gasteiger partial charge in [0.1, 0.15) is 5.82 Å². The Labute approximate surface area is 97.5 Å². The summed E-state index contributed by atoms with van der Waals surface area (Å²) in [5.74, 6) is -0.191. The van der Waals surface area contributed by atoms with Crippen LogP contribution in [-0.4, -0.2) is 11.0 Å². The minimum atomic E-state index is -0.191. The number of anilines is 1. The van der Waals surface area contributed by atoms with Gasteiger partial charge in [0, 0.05) is 6.04 Å². The molecule has 1 heterocycles. The molecule has 84 valence electrons. The third-order valence-corrected chi connectivity index (χ3v) is 3.98. The number of hydrogen-bond donors (Lipinski definition) is 1. The average molecular weight is 236 g/mol. The van der Waals surface area contributed by atoms with E-state index < -0.39 is 0 Å². The quantitative estimate of drug-likeness (QED) is 0.858. The van der Waals surface area contributed by atoms with Gasteiger partial charge in [0.05, 0.1) is 10.2 Å². The maximum Gasteiger partial charge on any atom is 0.184 e. The van der Waals surface area contributed by atoms with Gasteiger partial charge in [-0.25, -0.2) is 9.37 Å². The fourth-order valence-corrected chi connectivity index (χ4v) is 3.17. The van der Waals surface area contributed by atoms with Crippen molar-refractivity contribution in [1.82, 2.24) is 4.98 Å². The Kier molecular flexibility index (Phi) is 2.52. The topological polar surface area (TPSA) is 24.9 Å². The number of nitrogens with one attached hydrogen (secondary N) is 1. The fraction of sp³-hybridized carbons (Fsp3) is 0.417. The van der Waals surface area contributed by atoms with Crippen molar-refractivity contribution in [2.24, 2.45) is 0 Å². The van der Waals surface area contributed by atoms with Gasteiger partial charge in [-0.05, 0) is 31.0 Å². The highest BCUT2D eigenvalue weighted by molar-refractivity contribution is 7.22. The molecule has 2 aromatic rings. The van der Waals surface area contributed by atoms with Gasteiger partial charge in [-0.2, -0.15) is 0 Å². The first-order chi connectivity index (χ1) is 7.81. The van der Waals surface area contributed by atoms with Crippen molar-refractivity contribution in [3.05, 3.63) is 24.0 Å². The molecule has 1 aromatic heterocycles.